The summed E-state index contributed by atoms with van der Waals surface area (Å²) >= 11 is 10.1. The van der Waals surface area contributed by atoms with Crippen molar-refractivity contribution in [3.05, 3.63) is 91.7 Å². The van der Waals surface area contributed by atoms with Gasteiger partial charge in [-0.05, 0) is 47.9 Å². The Bertz CT molecular complexity index is 1330. The number of halogens is 2. The second-order valence-corrected chi connectivity index (χ2v) is 8.61. The highest BCUT2D eigenvalue weighted by atomic mass is 79.9. The monoisotopic (exact) mass is 481 g/mol. The molecule has 0 N–H and O–H groups in total. The molecule has 0 fully saturated rings. The van der Waals surface area contributed by atoms with Crippen LogP contribution < -0.4 is 15.3 Å². The summed E-state index contributed by atoms with van der Waals surface area (Å²) in [5, 5.41) is 1.30. The van der Waals surface area contributed by atoms with Crippen molar-refractivity contribution in [2.75, 3.05) is 11.6 Å². The number of hydrogen-bond acceptors (Lipinski definition) is 4. The van der Waals surface area contributed by atoms with E-state index in [9.17, 15) is 4.79 Å². The van der Waals surface area contributed by atoms with Crippen molar-refractivity contribution < 1.29 is 9.15 Å². The lowest BCUT2D eigenvalue weighted by Gasteiger charge is -2.32. The van der Waals surface area contributed by atoms with Gasteiger partial charge in [0.15, 0.2) is 6.73 Å². The Hall–Kier alpha value is -2.76. The van der Waals surface area contributed by atoms with E-state index in [-0.39, 0.29) is 0 Å². The molecular formula is C24H17BrClNO3. The molecule has 0 unspecified atom stereocenters. The van der Waals surface area contributed by atoms with Crippen molar-refractivity contribution in [2.24, 2.45) is 0 Å². The molecule has 0 atom stereocenters. The molecule has 0 saturated heterocycles. The molecule has 1 aromatic heterocycles. The van der Waals surface area contributed by atoms with E-state index in [4.69, 9.17) is 20.8 Å². The number of aryl methyl sites for hydroxylation is 1. The largest absolute Gasteiger partial charge is 0.471 e. The Morgan fingerprint density at radius 1 is 1.07 bits per heavy atom. The van der Waals surface area contributed by atoms with Crippen LogP contribution in [0.2, 0.25) is 5.02 Å². The molecule has 0 bridgehead atoms. The number of benzene rings is 3. The van der Waals surface area contributed by atoms with Crippen LogP contribution in [0.5, 0.6) is 5.75 Å². The van der Waals surface area contributed by atoms with Gasteiger partial charge in [0.05, 0.1) is 17.1 Å². The molecular weight excluding hydrogens is 466 g/mol. The van der Waals surface area contributed by atoms with Gasteiger partial charge in [0, 0.05) is 21.6 Å². The quantitative estimate of drug-likeness (QED) is 0.304. The molecule has 1 aliphatic heterocycles. The smallest absolute Gasteiger partial charge is 0.336 e. The second-order valence-electron chi connectivity index (χ2n) is 7.29. The average Bonchev–Trinajstić information content (AvgIpc) is 2.74. The fourth-order valence-electron chi connectivity index (χ4n) is 3.97. The molecule has 5 rings (SSSR count). The van der Waals surface area contributed by atoms with Crippen molar-refractivity contribution >= 4 is 44.2 Å². The van der Waals surface area contributed by atoms with Crippen molar-refractivity contribution in [3.63, 3.8) is 0 Å². The standard InChI is InChI=1S/C24H17BrClNO3/c1-14-9-16(25)7-8-21(14)27-12-19-23-18(10-20(26)24(19)29-13-27)17(11-22(28)30-23)15-5-3-2-4-6-15/h2-11H,12-13H2,1H3. The first kappa shape index (κ1) is 19.2. The number of anilines is 1. The van der Waals surface area contributed by atoms with Gasteiger partial charge >= 0.3 is 5.63 Å². The summed E-state index contributed by atoms with van der Waals surface area (Å²) < 4.78 is 12.7. The van der Waals surface area contributed by atoms with E-state index < -0.39 is 5.63 Å². The van der Waals surface area contributed by atoms with Crippen LogP contribution in [-0.2, 0) is 6.54 Å². The minimum absolute atomic E-state index is 0.364. The van der Waals surface area contributed by atoms with Crippen LogP contribution in [0.4, 0.5) is 5.69 Å². The van der Waals surface area contributed by atoms with E-state index in [1.807, 2.05) is 48.5 Å². The Kier molecular flexibility index (Phi) is 4.80. The van der Waals surface area contributed by atoms with Crippen molar-refractivity contribution in [2.45, 2.75) is 13.5 Å². The Morgan fingerprint density at radius 3 is 2.63 bits per heavy atom. The van der Waals surface area contributed by atoms with Gasteiger partial charge in [0.25, 0.3) is 0 Å². The second kappa shape index (κ2) is 7.49. The molecule has 150 valence electrons. The summed E-state index contributed by atoms with van der Waals surface area (Å²) in [5.41, 5.74) is 4.80. The first-order valence-corrected chi connectivity index (χ1v) is 10.7. The Morgan fingerprint density at radius 2 is 1.87 bits per heavy atom. The molecule has 0 spiro atoms. The maximum Gasteiger partial charge on any atom is 0.336 e. The first-order chi connectivity index (χ1) is 14.5. The molecule has 0 aliphatic carbocycles. The lowest BCUT2D eigenvalue weighted by molar-refractivity contribution is 0.289. The van der Waals surface area contributed by atoms with E-state index in [0.717, 1.165) is 37.8 Å². The van der Waals surface area contributed by atoms with Gasteiger partial charge < -0.3 is 14.1 Å². The van der Waals surface area contributed by atoms with Crippen LogP contribution in [-0.4, -0.2) is 6.73 Å². The van der Waals surface area contributed by atoms with Crippen LogP contribution in [0.1, 0.15) is 11.1 Å². The predicted molar refractivity (Wildman–Crippen MR) is 123 cm³/mol. The topological polar surface area (TPSA) is 42.7 Å². The van der Waals surface area contributed by atoms with Gasteiger partial charge in [0.1, 0.15) is 11.3 Å². The summed E-state index contributed by atoms with van der Waals surface area (Å²) in [5.74, 6) is 0.573. The fraction of sp³-hybridized carbons (Fsp3) is 0.125. The van der Waals surface area contributed by atoms with E-state index in [1.54, 1.807) is 0 Å². The van der Waals surface area contributed by atoms with Crippen molar-refractivity contribution in [1.29, 1.82) is 0 Å². The van der Waals surface area contributed by atoms with Gasteiger partial charge in [-0.1, -0.05) is 57.9 Å². The normalized spacial score (nSPS) is 13.2. The minimum Gasteiger partial charge on any atom is -0.471 e. The zero-order valence-electron chi connectivity index (χ0n) is 16.1. The summed E-state index contributed by atoms with van der Waals surface area (Å²) in [6.45, 7) is 2.94. The maximum absolute atomic E-state index is 12.4. The highest BCUT2D eigenvalue weighted by Crippen LogP contribution is 2.42. The zero-order chi connectivity index (χ0) is 20.8. The summed E-state index contributed by atoms with van der Waals surface area (Å²) in [6, 6.07) is 19.2. The lowest BCUT2D eigenvalue weighted by atomic mass is 9.99. The van der Waals surface area contributed by atoms with Crippen molar-refractivity contribution in [1.82, 2.24) is 0 Å². The number of nitrogens with zero attached hydrogens (tertiary/aromatic N) is 1. The highest BCUT2D eigenvalue weighted by molar-refractivity contribution is 9.10. The predicted octanol–water partition coefficient (Wildman–Crippen LogP) is 6.54. The van der Waals surface area contributed by atoms with Crippen LogP contribution in [0.25, 0.3) is 22.1 Å². The summed E-state index contributed by atoms with van der Waals surface area (Å²) in [6.07, 6.45) is 0. The average molecular weight is 483 g/mol. The number of ether oxygens (including phenoxy) is 1. The van der Waals surface area contributed by atoms with E-state index in [2.05, 4.69) is 33.8 Å². The fourth-order valence-corrected chi connectivity index (χ4v) is 4.73. The third-order valence-electron chi connectivity index (χ3n) is 5.33. The molecule has 3 aromatic carbocycles. The summed E-state index contributed by atoms with van der Waals surface area (Å²) in [7, 11) is 0. The first-order valence-electron chi connectivity index (χ1n) is 9.50. The zero-order valence-corrected chi connectivity index (χ0v) is 18.5. The lowest BCUT2D eigenvalue weighted by Crippen LogP contribution is -2.32. The van der Waals surface area contributed by atoms with Crippen LogP contribution in [0.15, 0.2) is 74.3 Å². The molecule has 0 saturated carbocycles. The van der Waals surface area contributed by atoms with Gasteiger partial charge in [-0.3, -0.25) is 0 Å². The van der Waals surface area contributed by atoms with Gasteiger partial charge in [-0.15, -0.1) is 0 Å². The third-order valence-corrected chi connectivity index (χ3v) is 6.11. The van der Waals surface area contributed by atoms with Crippen molar-refractivity contribution in [3.8, 4) is 16.9 Å². The molecule has 4 nitrogen and oxygen atoms in total. The number of fused-ring (bicyclic) bond motifs is 3. The van der Waals surface area contributed by atoms with E-state index in [0.29, 0.717) is 29.6 Å². The maximum atomic E-state index is 12.4. The Labute approximate surface area is 186 Å². The Balaban J connectivity index is 1.70. The molecule has 6 heteroatoms. The van der Waals surface area contributed by atoms with Crippen LogP contribution in [0.3, 0.4) is 0 Å². The SMILES string of the molecule is Cc1cc(Br)ccc1N1COc2c(Cl)cc3c(-c4ccccc4)cc(=O)oc3c2C1. The molecule has 4 aromatic rings. The van der Waals surface area contributed by atoms with Crippen LogP contribution in [0, 0.1) is 6.92 Å². The molecule has 0 amide bonds. The summed E-state index contributed by atoms with van der Waals surface area (Å²) in [4.78, 5) is 14.5. The third kappa shape index (κ3) is 3.28. The number of rotatable bonds is 2. The molecule has 0 radical (unpaired) electrons. The minimum atomic E-state index is -0.400. The van der Waals surface area contributed by atoms with Gasteiger partial charge in [-0.2, -0.15) is 0 Å². The molecule has 1 aliphatic rings. The van der Waals surface area contributed by atoms with Gasteiger partial charge in [0.2, 0.25) is 0 Å². The van der Waals surface area contributed by atoms with Gasteiger partial charge in [-0.25, -0.2) is 4.79 Å². The molecule has 2 heterocycles. The van der Waals surface area contributed by atoms with E-state index in [1.165, 1.54) is 6.07 Å². The molecule has 30 heavy (non-hydrogen) atoms. The highest BCUT2D eigenvalue weighted by Gasteiger charge is 2.26. The van der Waals surface area contributed by atoms with Crippen LogP contribution >= 0.6 is 27.5 Å². The van der Waals surface area contributed by atoms with E-state index >= 15 is 0 Å². The number of hydrogen-bond donors (Lipinski definition) is 0.